The van der Waals surface area contributed by atoms with Crippen molar-refractivity contribution >= 4 is 12.0 Å². The van der Waals surface area contributed by atoms with Crippen molar-refractivity contribution in [2.45, 2.75) is 19.9 Å². The van der Waals surface area contributed by atoms with Crippen LogP contribution < -0.4 is 15.6 Å². The van der Waals surface area contributed by atoms with Gasteiger partial charge in [0.1, 0.15) is 5.75 Å². The van der Waals surface area contributed by atoms with E-state index in [1.165, 1.54) is 6.08 Å². The molecule has 0 aliphatic carbocycles. The lowest BCUT2D eigenvalue weighted by molar-refractivity contribution is -0.116. The van der Waals surface area contributed by atoms with Crippen LogP contribution >= 0.6 is 0 Å². The third kappa shape index (κ3) is 5.43. The number of nitrogens with one attached hydrogen (secondary N) is 1. The van der Waals surface area contributed by atoms with Gasteiger partial charge in [-0.1, -0.05) is 12.1 Å². The third-order valence-corrected chi connectivity index (χ3v) is 3.55. The summed E-state index contributed by atoms with van der Waals surface area (Å²) in [7, 11) is 1.61. The smallest absolute Gasteiger partial charge is 0.250 e. The topological polar surface area (TPSA) is 60.3 Å². The maximum absolute atomic E-state index is 11.8. The van der Waals surface area contributed by atoms with Gasteiger partial charge in [-0.3, -0.25) is 9.59 Å². The summed E-state index contributed by atoms with van der Waals surface area (Å²) < 4.78 is 6.78. The molecule has 0 saturated carbocycles. The van der Waals surface area contributed by atoms with Crippen molar-refractivity contribution in [3.63, 3.8) is 0 Å². The van der Waals surface area contributed by atoms with E-state index in [-0.39, 0.29) is 11.5 Å². The highest BCUT2D eigenvalue weighted by atomic mass is 16.5. The highest BCUT2D eigenvalue weighted by molar-refractivity contribution is 5.91. The highest BCUT2D eigenvalue weighted by Crippen LogP contribution is 2.13. The first-order valence-corrected chi connectivity index (χ1v) is 7.85. The molecule has 0 atom stereocenters. The van der Waals surface area contributed by atoms with Gasteiger partial charge in [-0.15, -0.1) is 0 Å². The van der Waals surface area contributed by atoms with Crippen LogP contribution in [0.5, 0.6) is 5.75 Å². The van der Waals surface area contributed by atoms with Gasteiger partial charge in [0.25, 0.3) is 5.56 Å². The summed E-state index contributed by atoms with van der Waals surface area (Å²) in [6.07, 6.45) is 5.71. The predicted octanol–water partition coefficient (Wildman–Crippen LogP) is 2.39. The first-order chi connectivity index (χ1) is 11.6. The van der Waals surface area contributed by atoms with E-state index in [9.17, 15) is 9.59 Å². The second-order valence-corrected chi connectivity index (χ2v) is 5.49. The molecule has 5 nitrogen and oxygen atoms in total. The van der Waals surface area contributed by atoms with E-state index >= 15 is 0 Å². The Morgan fingerprint density at radius 1 is 1.29 bits per heavy atom. The van der Waals surface area contributed by atoms with Crippen molar-refractivity contribution < 1.29 is 9.53 Å². The first-order valence-electron chi connectivity index (χ1n) is 7.85. The summed E-state index contributed by atoms with van der Waals surface area (Å²) in [6.45, 7) is 2.99. The van der Waals surface area contributed by atoms with Gasteiger partial charge in [0.15, 0.2) is 0 Å². The fraction of sp³-hybridized carbons (Fsp3) is 0.263. The number of amides is 1. The van der Waals surface area contributed by atoms with Crippen LogP contribution in [0.4, 0.5) is 0 Å². The molecule has 1 heterocycles. The molecule has 5 heteroatoms. The Bertz CT molecular complexity index is 778. The second-order valence-electron chi connectivity index (χ2n) is 5.49. The van der Waals surface area contributed by atoms with Crippen LogP contribution in [0.15, 0.2) is 53.5 Å². The number of nitrogens with zero attached hydrogens (tertiary/aromatic N) is 1. The zero-order valence-corrected chi connectivity index (χ0v) is 14.0. The van der Waals surface area contributed by atoms with Gasteiger partial charge in [-0.25, -0.2) is 0 Å². The van der Waals surface area contributed by atoms with Crippen molar-refractivity contribution in [1.29, 1.82) is 0 Å². The van der Waals surface area contributed by atoms with Crippen molar-refractivity contribution in [3.8, 4) is 5.75 Å². The van der Waals surface area contributed by atoms with Gasteiger partial charge in [0.2, 0.25) is 5.91 Å². The summed E-state index contributed by atoms with van der Waals surface area (Å²) in [5, 5.41) is 2.81. The zero-order valence-electron chi connectivity index (χ0n) is 14.0. The largest absolute Gasteiger partial charge is 0.497 e. The summed E-state index contributed by atoms with van der Waals surface area (Å²) in [4.78, 5) is 23.5. The van der Waals surface area contributed by atoms with Crippen LogP contribution in [0.1, 0.15) is 17.5 Å². The van der Waals surface area contributed by atoms with Gasteiger partial charge in [-0.05, 0) is 48.7 Å². The maximum atomic E-state index is 11.8. The average molecular weight is 326 g/mol. The summed E-state index contributed by atoms with van der Waals surface area (Å²) >= 11 is 0. The number of aryl methyl sites for hydroxylation is 2. The molecule has 24 heavy (non-hydrogen) atoms. The number of benzene rings is 1. The summed E-state index contributed by atoms with van der Waals surface area (Å²) in [5.41, 5.74) is 1.84. The Balaban J connectivity index is 1.76. The van der Waals surface area contributed by atoms with Crippen molar-refractivity contribution in [2.75, 3.05) is 13.7 Å². The molecule has 126 valence electrons. The predicted molar refractivity (Wildman–Crippen MR) is 95.1 cm³/mol. The maximum Gasteiger partial charge on any atom is 0.250 e. The van der Waals surface area contributed by atoms with E-state index in [1.807, 2.05) is 37.3 Å². The van der Waals surface area contributed by atoms with Crippen LogP contribution in [0.25, 0.3) is 6.08 Å². The number of pyridine rings is 1. The molecule has 1 aromatic carbocycles. The SMILES string of the molecule is COc1cccc(/C=C/C(=O)NCCCn2ccc(C)cc2=O)c1. The monoisotopic (exact) mass is 326 g/mol. The number of methoxy groups -OCH3 is 1. The molecular weight excluding hydrogens is 304 g/mol. The normalized spacial score (nSPS) is 10.8. The van der Waals surface area contributed by atoms with Gasteiger partial charge in [-0.2, -0.15) is 0 Å². The van der Waals surface area contributed by atoms with Crippen LogP contribution in [0.2, 0.25) is 0 Å². The lowest BCUT2D eigenvalue weighted by Crippen LogP contribution is -2.25. The molecular formula is C19H22N2O3. The standard InChI is InChI=1S/C19H22N2O3/c1-15-9-12-21(19(23)13-15)11-4-10-20-18(22)8-7-16-5-3-6-17(14-16)24-2/h3,5-9,12-14H,4,10-11H2,1-2H3,(H,20,22)/b8-7+. The number of carbonyl (C=O) groups excluding carboxylic acids is 1. The van der Waals surface area contributed by atoms with Crippen molar-refractivity contribution in [1.82, 2.24) is 9.88 Å². The Hall–Kier alpha value is -2.82. The van der Waals surface area contributed by atoms with Gasteiger partial charge < -0.3 is 14.6 Å². The number of carbonyl (C=O) groups is 1. The molecule has 0 bridgehead atoms. The molecule has 1 N–H and O–H groups in total. The number of hydrogen-bond donors (Lipinski definition) is 1. The fourth-order valence-electron chi connectivity index (χ4n) is 2.23. The number of ether oxygens (including phenoxy) is 1. The van der Waals surface area contributed by atoms with E-state index < -0.39 is 0 Å². The number of hydrogen-bond acceptors (Lipinski definition) is 3. The second kappa shape index (κ2) is 8.72. The minimum atomic E-state index is -0.158. The molecule has 2 rings (SSSR count). The molecule has 1 aromatic heterocycles. The Morgan fingerprint density at radius 3 is 2.88 bits per heavy atom. The van der Waals surface area contributed by atoms with Crippen LogP contribution in [-0.4, -0.2) is 24.1 Å². The lowest BCUT2D eigenvalue weighted by Gasteiger charge is -2.06. The van der Waals surface area contributed by atoms with Crippen LogP contribution in [0, 0.1) is 6.92 Å². The van der Waals surface area contributed by atoms with Crippen molar-refractivity contribution in [2.24, 2.45) is 0 Å². The number of aromatic nitrogens is 1. The van der Waals surface area contributed by atoms with Crippen molar-refractivity contribution in [3.05, 3.63) is 70.2 Å². The Kier molecular flexibility index (Phi) is 6.37. The molecule has 0 saturated heterocycles. The highest BCUT2D eigenvalue weighted by Gasteiger charge is 1.98. The minimum Gasteiger partial charge on any atom is -0.497 e. The van der Waals surface area contributed by atoms with Crippen LogP contribution in [-0.2, 0) is 11.3 Å². The summed E-state index contributed by atoms with van der Waals surface area (Å²) in [5.74, 6) is 0.593. The zero-order chi connectivity index (χ0) is 17.4. The Morgan fingerprint density at radius 2 is 2.12 bits per heavy atom. The molecule has 0 unspecified atom stereocenters. The molecule has 2 aromatic rings. The first kappa shape index (κ1) is 17.5. The number of rotatable bonds is 7. The van der Waals surface area contributed by atoms with E-state index in [0.717, 1.165) is 16.9 Å². The molecule has 0 spiro atoms. The summed E-state index contributed by atoms with van der Waals surface area (Å²) in [6, 6.07) is 11.0. The molecule has 0 aliphatic heterocycles. The quantitative estimate of drug-likeness (QED) is 0.628. The van der Waals surface area contributed by atoms with E-state index in [4.69, 9.17) is 4.74 Å². The van der Waals surface area contributed by atoms with E-state index in [0.29, 0.717) is 19.5 Å². The fourth-order valence-corrected chi connectivity index (χ4v) is 2.23. The van der Waals surface area contributed by atoms with Gasteiger partial charge in [0, 0.05) is 31.4 Å². The third-order valence-electron chi connectivity index (χ3n) is 3.55. The van der Waals surface area contributed by atoms with E-state index in [2.05, 4.69) is 5.32 Å². The van der Waals surface area contributed by atoms with E-state index in [1.54, 1.807) is 30.0 Å². The van der Waals surface area contributed by atoms with Gasteiger partial charge >= 0.3 is 0 Å². The molecule has 0 fully saturated rings. The van der Waals surface area contributed by atoms with Gasteiger partial charge in [0.05, 0.1) is 7.11 Å². The van der Waals surface area contributed by atoms with Crippen LogP contribution in [0.3, 0.4) is 0 Å². The molecule has 1 amide bonds. The average Bonchev–Trinajstić information content (AvgIpc) is 2.58. The minimum absolute atomic E-state index is 0.0146. The molecule has 0 aliphatic rings. The molecule has 0 radical (unpaired) electrons. The lowest BCUT2D eigenvalue weighted by atomic mass is 10.2. The Labute approximate surface area is 141 Å².